The molecule has 1 saturated heterocycles. The third-order valence-electron chi connectivity index (χ3n) is 7.43. The number of aliphatic hydroxyl groups excluding tert-OH is 3. The highest BCUT2D eigenvalue weighted by Crippen LogP contribution is 2.51. The molecule has 16 heteroatoms. The van der Waals surface area contributed by atoms with Gasteiger partial charge >= 0.3 is 7.60 Å². The Balaban J connectivity index is 1.30. The Morgan fingerprint density at radius 2 is 1.88 bits per heavy atom. The predicted molar refractivity (Wildman–Crippen MR) is 146 cm³/mol. The Kier molecular flexibility index (Phi) is 9.26. The lowest BCUT2D eigenvalue weighted by atomic mass is 10.1. The van der Waals surface area contributed by atoms with E-state index in [1.807, 2.05) is 6.07 Å². The molecule has 5 rings (SSSR count). The molecule has 3 heterocycles. The maximum atomic E-state index is 12.4. The fraction of sp³-hybridized carbons (Fsp3) is 0.560. The van der Waals surface area contributed by atoms with Gasteiger partial charge in [0.2, 0.25) is 10.6 Å². The number of nitrogens with zero attached hydrogens (tertiary/aromatic N) is 4. The molecule has 2 aromatic heterocycles. The van der Waals surface area contributed by atoms with E-state index in [0.717, 1.165) is 31.2 Å². The lowest BCUT2D eigenvalue weighted by Crippen LogP contribution is -2.45. The van der Waals surface area contributed by atoms with Gasteiger partial charge in [0.15, 0.2) is 11.9 Å². The van der Waals surface area contributed by atoms with Crippen LogP contribution in [0.5, 0.6) is 0 Å². The summed E-state index contributed by atoms with van der Waals surface area (Å²) in [5.41, 5.74) is 1.01. The quantitative estimate of drug-likeness (QED) is 0.127. The molecule has 224 valence electrons. The molecule has 1 aliphatic heterocycles. The largest absolute Gasteiger partial charge is 0.393 e. The van der Waals surface area contributed by atoms with E-state index >= 15 is 0 Å². The molecule has 5 atom stereocenters. The topological polar surface area (TPSA) is 202 Å². The minimum absolute atomic E-state index is 0.0175. The van der Waals surface area contributed by atoms with Crippen molar-refractivity contribution in [2.24, 2.45) is 0 Å². The van der Waals surface area contributed by atoms with E-state index in [9.17, 15) is 29.7 Å². The highest BCUT2D eigenvalue weighted by molar-refractivity contribution is 7.53. The second kappa shape index (κ2) is 12.6. The Hall–Kier alpha value is -2.23. The van der Waals surface area contributed by atoms with Gasteiger partial charge in [-0.05, 0) is 30.0 Å². The number of fused-ring (bicyclic) bond motifs is 1. The van der Waals surface area contributed by atoms with Crippen LogP contribution in [0.25, 0.3) is 11.0 Å². The highest BCUT2D eigenvalue weighted by Gasteiger charge is 2.51. The summed E-state index contributed by atoms with van der Waals surface area (Å²) in [4.78, 5) is 28.6. The van der Waals surface area contributed by atoms with Crippen LogP contribution in [0, 0.1) is 0 Å². The molecule has 1 saturated carbocycles. The smallest absolute Gasteiger partial charge is 0.361 e. The SMILES string of the molecule is O=P(O)(O)[C@](CO)(COCc1ccccc1)OC[C@H]1O[C@@H](n2ncc3c(NC4CCCC4)nc(Cl)nc32)[C@H](O)[C@@H]1O. The third kappa shape index (κ3) is 6.42. The summed E-state index contributed by atoms with van der Waals surface area (Å²) < 4.78 is 30.5. The summed E-state index contributed by atoms with van der Waals surface area (Å²) in [6.45, 7) is -2.29. The van der Waals surface area contributed by atoms with Crippen molar-refractivity contribution in [2.75, 3.05) is 25.1 Å². The van der Waals surface area contributed by atoms with Crippen molar-refractivity contribution in [3.8, 4) is 0 Å². The Morgan fingerprint density at radius 1 is 1.15 bits per heavy atom. The summed E-state index contributed by atoms with van der Waals surface area (Å²) in [5, 5.41) is 37.3. The molecule has 0 spiro atoms. The molecule has 41 heavy (non-hydrogen) atoms. The zero-order valence-electron chi connectivity index (χ0n) is 22.0. The van der Waals surface area contributed by atoms with Gasteiger partial charge in [-0.1, -0.05) is 43.2 Å². The number of hydrogen-bond acceptors (Lipinski definition) is 11. The molecule has 3 aromatic rings. The van der Waals surface area contributed by atoms with Crippen LogP contribution in [0.4, 0.5) is 5.82 Å². The average molecular weight is 614 g/mol. The fourth-order valence-corrected chi connectivity index (χ4v) is 5.91. The number of benzene rings is 1. The van der Waals surface area contributed by atoms with E-state index in [0.29, 0.717) is 11.2 Å². The predicted octanol–water partition coefficient (Wildman–Crippen LogP) is 1.55. The number of anilines is 1. The minimum Gasteiger partial charge on any atom is -0.393 e. The second-order valence-corrected chi connectivity index (χ2v) is 12.5. The molecule has 1 aliphatic carbocycles. The summed E-state index contributed by atoms with van der Waals surface area (Å²) >= 11 is 6.19. The van der Waals surface area contributed by atoms with Crippen molar-refractivity contribution in [2.45, 2.75) is 68.2 Å². The molecule has 1 aromatic carbocycles. The van der Waals surface area contributed by atoms with Crippen LogP contribution in [0.2, 0.25) is 5.28 Å². The molecule has 14 nitrogen and oxygen atoms in total. The van der Waals surface area contributed by atoms with E-state index in [1.54, 1.807) is 24.3 Å². The minimum atomic E-state index is -5.09. The van der Waals surface area contributed by atoms with Crippen LogP contribution in [0.15, 0.2) is 36.5 Å². The van der Waals surface area contributed by atoms with E-state index in [1.165, 1.54) is 10.9 Å². The lowest BCUT2D eigenvalue weighted by molar-refractivity contribution is -0.131. The number of nitrogens with one attached hydrogen (secondary N) is 1. The van der Waals surface area contributed by atoms with Crippen LogP contribution in [-0.2, 0) is 25.4 Å². The Morgan fingerprint density at radius 3 is 2.56 bits per heavy atom. The number of ether oxygens (including phenoxy) is 3. The molecule has 0 amide bonds. The first-order valence-corrected chi connectivity index (χ1v) is 15.2. The van der Waals surface area contributed by atoms with Crippen LogP contribution in [0.3, 0.4) is 0 Å². The van der Waals surface area contributed by atoms with Gasteiger partial charge in [-0.25, -0.2) is 4.68 Å². The van der Waals surface area contributed by atoms with E-state index in [4.69, 9.17) is 25.8 Å². The van der Waals surface area contributed by atoms with Gasteiger partial charge < -0.3 is 44.6 Å². The molecule has 0 bridgehead atoms. The molecule has 6 N–H and O–H groups in total. The number of halogens is 1. The first-order valence-electron chi connectivity index (χ1n) is 13.2. The summed E-state index contributed by atoms with van der Waals surface area (Å²) in [5.74, 6) is 0.496. The summed E-state index contributed by atoms with van der Waals surface area (Å²) in [6, 6.07) is 9.17. The third-order valence-corrected chi connectivity index (χ3v) is 9.06. The molecule has 2 aliphatic rings. The van der Waals surface area contributed by atoms with Crippen molar-refractivity contribution >= 4 is 36.0 Å². The van der Waals surface area contributed by atoms with E-state index < -0.39 is 57.3 Å². The Bertz CT molecular complexity index is 1370. The van der Waals surface area contributed by atoms with E-state index in [2.05, 4.69) is 20.4 Å². The number of rotatable bonds is 12. The fourth-order valence-electron chi connectivity index (χ4n) is 5.06. The van der Waals surface area contributed by atoms with Gasteiger partial charge in [-0.3, -0.25) is 4.57 Å². The average Bonchev–Trinajstić information content (AvgIpc) is 3.67. The van der Waals surface area contributed by atoms with Gasteiger partial charge in [0, 0.05) is 6.04 Å². The maximum absolute atomic E-state index is 12.4. The van der Waals surface area contributed by atoms with Crippen LogP contribution >= 0.6 is 19.2 Å². The van der Waals surface area contributed by atoms with Crippen molar-refractivity contribution < 1.29 is 43.9 Å². The zero-order chi connectivity index (χ0) is 29.2. The van der Waals surface area contributed by atoms with Crippen molar-refractivity contribution in [1.82, 2.24) is 19.7 Å². The number of aliphatic hydroxyl groups is 3. The van der Waals surface area contributed by atoms with Crippen LogP contribution < -0.4 is 5.32 Å². The monoisotopic (exact) mass is 613 g/mol. The van der Waals surface area contributed by atoms with E-state index in [-0.39, 0.29) is 23.6 Å². The maximum Gasteiger partial charge on any atom is 0.361 e. The van der Waals surface area contributed by atoms with Crippen molar-refractivity contribution in [3.05, 3.63) is 47.4 Å². The standard InChI is InChI=1S/C25H33ClN5O9P/c26-24-29-21(28-16-8-4-5-9-16)17-10-27-31(22(17)30-24)23-20(34)19(33)18(40-23)12-39-25(13-32,41(35,36)37)14-38-11-15-6-2-1-3-7-15/h1-3,6-7,10,16,18-20,23,32-34H,4-5,8-9,11-14H2,(H,28,29,30)(H2,35,36,37)/t18-,19-,20-,23-,25-/m1/s1. The first kappa shape index (κ1) is 30.2. The van der Waals surface area contributed by atoms with Crippen LogP contribution in [-0.4, -0.2) is 94.4 Å². The van der Waals surface area contributed by atoms with Gasteiger partial charge in [0.1, 0.15) is 24.1 Å². The zero-order valence-corrected chi connectivity index (χ0v) is 23.6. The van der Waals surface area contributed by atoms with Crippen molar-refractivity contribution in [3.63, 3.8) is 0 Å². The van der Waals surface area contributed by atoms with Crippen molar-refractivity contribution in [1.29, 1.82) is 0 Å². The summed E-state index contributed by atoms with van der Waals surface area (Å²) in [6.07, 6.45) is 0.230. The molecule has 2 fully saturated rings. The van der Waals surface area contributed by atoms with Gasteiger partial charge in [-0.15, -0.1) is 0 Å². The number of aromatic nitrogens is 4. The molecule has 0 radical (unpaired) electrons. The molecular weight excluding hydrogens is 581 g/mol. The molecule has 0 unspecified atom stereocenters. The number of hydrogen-bond donors (Lipinski definition) is 6. The Labute approximate surface area is 240 Å². The highest BCUT2D eigenvalue weighted by atomic mass is 35.5. The normalized spacial score (nSPS) is 25.1. The second-order valence-electron chi connectivity index (χ2n) is 10.3. The first-order chi connectivity index (χ1) is 19.6. The summed E-state index contributed by atoms with van der Waals surface area (Å²) in [7, 11) is -5.09. The van der Waals surface area contributed by atoms with Gasteiger partial charge in [0.25, 0.3) is 0 Å². The van der Waals surface area contributed by atoms with Crippen LogP contribution in [0.1, 0.15) is 37.5 Å². The lowest BCUT2D eigenvalue weighted by Gasteiger charge is -2.33. The van der Waals surface area contributed by atoms with Gasteiger partial charge in [-0.2, -0.15) is 15.1 Å². The molecular formula is C25H33ClN5O9P. The van der Waals surface area contributed by atoms with Gasteiger partial charge in [0.05, 0.1) is 38.0 Å².